The monoisotopic (exact) mass is 266 g/mol. The van der Waals surface area contributed by atoms with E-state index in [-0.39, 0.29) is 0 Å². The first-order chi connectivity index (χ1) is 8.70. The van der Waals surface area contributed by atoms with Crippen LogP contribution < -0.4 is 5.32 Å². The molecule has 5 nitrogen and oxygen atoms in total. The predicted octanol–water partition coefficient (Wildman–Crippen LogP) is 2.49. The third-order valence-corrected chi connectivity index (χ3v) is 3.33. The molecule has 2 heterocycles. The lowest BCUT2D eigenvalue weighted by molar-refractivity contribution is 0.0594. The van der Waals surface area contributed by atoms with Crippen LogP contribution in [0.1, 0.15) is 21.1 Å². The fourth-order valence-electron chi connectivity index (χ4n) is 1.51. The second-order valence-corrected chi connectivity index (χ2v) is 4.87. The van der Waals surface area contributed by atoms with Crippen LogP contribution in [0.5, 0.6) is 0 Å². The summed E-state index contributed by atoms with van der Waals surface area (Å²) in [4.78, 5) is 16.4. The van der Waals surface area contributed by atoms with Gasteiger partial charge >= 0.3 is 5.97 Å². The lowest BCUT2D eigenvalue weighted by atomic mass is 10.3. The minimum absolute atomic E-state index is 0.378. The molecular formula is C12H14N2O3S. The average molecular weight is 266 g/mol. The molecule has 0 unspecified atom stereocenters. The quantitative estimate of drug-likeness (QED) is 0.842. The number of hydrogen-bond acceptors (Lipinski definition) is 6. The van der Waals surface area contributed by atoms with E-state index in [0.29, 0.717) is 12.2 Å². The van der Waals surface area contributed by atoms with Crippen molar-refractivity contribution in [3.8, 4) is 0 Å². The molecule has 0 atom stereocenters. The summed E-state index contributed by atoms with van der Waals surface area (Å²) in [5.41, 5.74) is 0.378. The van der Waals surface area contributed by atoms with Gasteiger partial charge in [-0.1, -0.05) is 0 Å². The van der Waals surface area contributed by atoms with E-state index in [1.54, 1.807) is 6.26 Å². The van der Waals surface area contributed by atoms with Crippen LogP contribution in [0.3, 0.4) is 0 Å². The smallest absolute Gasteiger partial charge is 0.357 e. The van der Waals surface area contributed by atoms with Crippen molar-refractivity contribution in [3.63, 3.8) is 0 Å². The molecule has 18 heavy (non-hydrogen) atoms. The Labute approximate surface area is 109 Å². The second-order valence-electron chi connectivity index (χ2n) is 3.67. The Balaban J connectivity index is 1.92. The molecule has 0 aliphatic heterocycles. The number of thiazole rings is 1. The van der Waals surface area contributed by atoms with Crippen molar-refractivity contribution in [3.05, 3.63) is 34.7 Å². The predicted molar refractivity (Wildman–Crippen MR) is 69.1 cm³/mol. The van der Waals surface area contributed by atoms with Crippen LogP contribution in [0.4, 0.5) is 5.13 Å². The molecule has 6 heteroatoms. The van der Waals surface area contributed by atoms with Crippen molar-refractivity contribution in [1.82, 2.24) is 4.98 Å². The summed E-state index contributed by atoms with van der Waals surface area (Å²) in [7, 11) is 1.35. The lowest BCUT2D eigenvalue weighted by Gasteiger charge is -1.99. The Bertz CT molecular complexity index is 519. The molecule has 0 aliphatic rings. The van der Waals surface area contributed by atoms with Crippen molar-refractivity contribution in [2.45, 2.75) is 13.3 Å². The molecule has 0 aromatic carbocycles. The average Bonchev–Trinajstić information content (AvgIpc) is 2.98. The fraction of sp³-hybridized carbons (Fsp3) is 0.333. The number of furan rings is 1. The van der Waals surface area contributed by atoms with Crippen molar-refractivity contribution < 1.29 is 13.9 Å². The van der Waals surface area contributed by atoms with Crippen LogP contribution >= 0.6 is 11.3 Å². The first kappa shape index (κ1) is 12.6. The molecule has 96 valence electrons. The largest absolute Gasteiger partial charge is 0.469 e. The Morgan fingerprint density at radius 3 is 3.11 bits per heavy atom. The number of ether oxygens (including phenoxy) is 1. The second kappa shape index (κ2) is 5.68. The molecule has 0 spiro atoms. The van der Waals surface area contributed by atoms with Crippen LogP contribution in [0.2, 0.25) is 0 Å². The normalized spacial score (nSPS) is 10.3. The highest BCUT2D eigenvalue weighted by Gasteiger charge is 2.15. The Morgan fingerprint density at radius 1 is 1.61 bits per heavy atom. The topological polar surface area (TPSA) is 64.4 Å². The van der Waals surface area contributed by atoms with Crippen molar-refractivity contribution in [2.24, 2.45) is 0 Å². The highest BCUT2D eigenvalue weighted by Crippen LogP contribution is 2.22. The third-order valence-electron chi connectivity index (χ3n) is 2.40. The van der Waals surface area contributed by atoms with E-state index in [1.165, 1.54) is 18.4 Å². The van der Waals surface area contributed by atoms with Gasteiger partial charge in [-0.05, 0) is 19.1 Å². The van der Waals surface area contributed by atoms with Gasteiger partial charge in [0.15, 0.2) is 10.8 Å². The molecule has 0 saturated heterocycles. The number of hydrogen-bond donors (Lipinski definition) is 1. The number of carbonyl (C=O) groups is 1. The number of nitrogens with one attached hydrogen (secondary N) is 1. The number of anilines is 1. The van der Waals surface area contributed by atoms with Gasteiger partial charge in [-0.3, -0.25) is 0 Å². The van der Waals surface area contributed by atoms with E-state index in [0.717, 1.165) is 22.2 Å². The van der Waals surface area contributed by atoms with E-state index >= 15 is 0 Å². The maximum Gasteiger partial charge on any atom is 0.357 e. The standard InChI is InChI=1S/C12H14N2O3S/c1-8-10(11(15)16-2)14-12(18-8)13-6-5-9-4-3-7-17-9/h3-4,7H,5-6H2,1-2H3,(H,13,14). The molecule has 0 radical (unpaired) electrons. The lowest BCUT2D eigenvalue weighted by Crippen LogP contribution is -2.06. The molecule has 0 aliphatic carbocycles. The fourth-order valence-corrected chi connectivity index (χ4v) is 2.33. The van der Waals surface area contributed by atoms with Gasteiger partial charge in [0, 0.05) is 17.8 Å². The summed E-state index contributed by atoms with van der Waals surface area (Å²) in [6, 6.07) is 3.78. The van der Waals surface area contributed by atoms with Gasteiger partial charge < -0.3 is 14.5 Å². The van der Waals surface area contributed by atoms with Gasteiger partial charge in [0.25, 0.3) is 0 Å². The van der Waals surface area contributed by atoms with Crippen LogP contribution in [0.15, 0.2) is 22.8 Å². The summed E-state index contributed by atoms with van der Waals surface area (Å²) >= 11 is 1.44. The zero-order chi connectivity index (χ0) is 13.0. The van der Waals surface area contributed by atoms with Crippen LogP contribution in [-0.2, 0) is 11.2 Å². The first-order valence-corrected chi connectivity index (χ1v) is 6.34. The van der Waals surface area contributed by atoms with Crippen molar-refractivity contribution in [1.29, 1.82) is 0 Å². The summed E-state index contributed by atoms with van der Waals surface area (Å²) in [5, 5.41) is 3.88. The van der Waals surface area contributed by atoms with Crippen LogP contribution in [0, 0.1) is 6.92 Å². The van der Waals surface area contributed by atoms with Crippen molar-refractivity contribution >= 4 is 22.4 Å². The van der Waals surface area contributed by atoms with E-state index in [1.807, 2.05) is 19.1 Å². The molecular weight excluding hydrogens is 252 g/mol. The SMILES string of the molecule is COC(=O)c1nc(NCCc2ccco2)sc1C. The van der Waals surface area contributed by atoms with Gasteiger partial charge in [-0.25, -0.2) is 9.78 Å². The molecule has 1 N–H and O–H groups in total. The maximum atomic E-state index is 11.4. The minimum Gasteiger partial charge on any atom is -0.469 e. The Morgan fingerprint density at radius 2 is 2.44 bits per heavy atom. The third kappa shape index (κ3) is 2.89. The van der Waals surface area contributed by atoms with Crippen LogP contribution in [0.25, 0.3) is 0 Å². The number of aromatic nitrogens is 1. The summed E-state index contributed by atoms with van der Waals surface area (Å²) in [6.45, 7) is 2.56. The maximum absolute atomic E-state index is 11.4. The number of rotatable bonds is 5. The van der Waals surface area contributed by atoms with Crippen molar-refractivity contribution in [2.75, 3.05) is 19.0 Å². The molecule has 2 aromatic heterocycles. The summed E-state index contributed by atoms with van der Waals surface area (Å²) in [6.07, 6.45) is 2.43. The number of esters is 1. The van der Waals surface area contributed by atoms with E-state index in [2.05, 4.69) is 15.0 Å². The number of aryl methyl sites for hydroxylation is 1. The number of methoxy groups -OCH3 is 1. The zero-order valence-electron chi connectivity index (χ0n) is 10.2. The van der Waals surface area contributed by atoms with Gasteiger partial charge in [-0.2, -0.15) is 0 Å². The van der Waals surface area contributed by atoms with Gasteiger partial charge in [0.1, 0.15) is 5.76 Å². The molecule has 0 bridgehead atoms. The highest BCUT2D eigenvalue weighted by atomic mass is 32.1. The van der Waals surface area contributed by atoms with E-state index < -0.39 is 5.97 Å². The zero-order valence-corrected chi connectivity index (χ0v) is 11.0. The molecule has 0 amide bonds. The highest BCUT2D eigenvalue weighted by molar-refractivity contribution is 7.15. The molecule has 2 aromatic rings. The first-order valence-electron chi connectivity index (χ1n) is 5.52. The van der Waals surface area contributed by atoms with Gasteiger partial charge in [0.2, 0.25) is 0 Å². The molecule has 0 saturated carbocycles. The van der Waals surface area contributed by atoms with E-state index in [4.69, 9.17) is 4.42 Å². The molecule has 0 fully saturated rings. The molecule has 2 rings (SSSR count). The van der Waals surface area contributed by atoms with Crippen LogP contribution in [-0.4, -0.2) is 24.6 Å². The van der Waals surface area contributed by atoms with Gasteiger partial charge in [0.05, 0.1) is 13.4 Å². The van der Waals surface area contributed by atoms with Gasteiger partial charge in [-0.15, -0.1) is 11.3 Å². The number of nitrogens with zero attached hydrogens (tertiary/aromatic N) is 1. The summed E-state index contributed by atoms with van der Waals surface area (Å²) < 4.78 is 9.88. The number of carbonyl (C=O) groups excluding carboxylic acids is 1. The van der Waals surface area contributed by atoms with E-state index in [9.17, 15) is 4.79 Å². The summed E-state index contributed by atoms with van der Waals surface area (Å²) in [5.74, 6) is 0.520. The Hall–Kier alpha value is -1.82. The Kier molecular flexibility index (Phi) is 3.99. The minimum atomic E-state index is -0.400.